The first-order valence-corrected chi connectivity index (χ1v) is 6.14. The van der Waals surface area contributed by atoms with E-state index in [0.717, 1.165) is 12.1 Å². The minimum Gasteiger partial charge on any atom is -0.481 e. The van der Waals surface area contributed by atoms with E-state index < -0.39 is 24.0 Å². The van der Waals surface area contributed by atoms with Crippen molar-refractivity contribution in [3.8, 4) is 5.75 Å². The van der Waals surface area contributed by atoms with Crippen LogP contribution in [0.2, 0.25) is 0 Å². The summed E-state index contributed by atoms with van der Waals surface area (Å²) in [7, 11) is 0. The van der Waals surface area contributed by atoms with Crippen LogP contribution in [-0.4, -0.2) is 23.3 Å². The van der Waals surface area contributed by atoms with E-state index >= 15 is 0 Å². The maximum absolute atomic E-state index is 12.0. The maximum Gasteiger partial charge on any atom is 0.573 e. The number of aliphatic carboxylic acids is 1. The molecule has 0 aromatic heterocycles. The molecule has 0 spiro atoms. The molecule has 5 nitrogen and oxygen atoms in total. The summed E-state index contributed by atoms with van der Waals surface area (Å²) in [4.78, 5) is 21.8. The van der Waals surface area contributed by atoms with Crippen LogP contribution in [0.15, 0.2) is 24.3 Å². The Morgan fingerprint density at radius 1 is 1.19 bits per heavy atom. The van der Waals surface area contributed by atoms with Crippen molar-refractivity contribution in [3.63, 3.8) is 0 Å². The lowest BCUT2D eigenvalue weighted by molar-refractivity contribution is -0.274. The van der Waals surface area contributed by atoms with Crippen LogP contribution in [0.1, 0.15) is 25.7 Å². The fourth-order valence-corrected chi connectivity index (χ4v) is 1.56. The summed E-state index contributed by atoms with van der Waals surface area (Å²) in [6.45, 7) is 0. The summed E-state index contributed by atoms with van der Waals surface area (Å²) in [5.74, 6) is -1.76. The van der Waals surface area contributed by atoms with Crippen molar-refractivity contribution in [2.75, 3.05) is 5.32 Å². The number of amides is 1. The van der Waals surface area contributed by atoms with Gasteiger partial charge in [0.15, 0.2) is 0 Å². The quantitative estimate of drug-likeness (QED) is 0.759. The summed E-state index contributed by atoms with van der Waals surface area (Å²) in [6, 6.07) is 4.93. The lowest BCUT2D eigenvalue weighted by Crippen LogP contribution is -2.17. The number of benzene rings is 1. The number of unbranched alkanes of at least 4 members (excludes halogenated alkanes) is 1. The van der Waals surface area contributed by atoms with Gasteiger partial charge in [0.25, 0.3) is 0 Å². The van der Waals surface area contributed by atoms with Gasteiger partial charge < -0.3 is 15.2 Å². The Kier molecular flexibility index (Phi) is 6.01. The van der Waals surface area contributed by atoms with Gasteiger partial charge in [-0.25, -0.2) is 0 Å². The Morgan fingerprint density at radius 3 is 2.48 bits per heavy atom. The third-order valence-corrected chi connectivity index (χ3v) is 2.40. The predicted octanol–water partition coefficient (Wildman–Crippen LogP) is 3.17. The summed E-state index contributed by atoms with van der Waals surface area (Å²) in [5.41, 5.74) is 0.181. The van der Waals surface area contributed by atoms with Crippen LogP contribution >= 0.6 is 0 Å². The largest absolute Gasteiger partial charge is 0.573 e. The highest BCUT2D eigenvalue weighted by molar-refractivity contribution is 5.90. The zero-order valence-electron chi connectivity index (χ0n) is 10.9. The van der Waals surface area contributed by atoms with Crippen molar-refractivity contribution in [2.45, 2.75) is 32.0 Å². The highest BCUT2D eigenvalue weighted by Gasteiger charge is 2.31. The van der Waals surface area contributed by atoms with Crippen molar-refractivity contribution in [1.29, 1.82) is 0 Å². The SMILES string of the molecule is O=C(O)CCCCC(=O)Nc1cccc(OC(F)(F)F)c1. The number of rotatable bonds is 7. The van der Waals surface area contributed by atoms with Gasteiger partial charge >= 0.3 is 12.3 Å². The first kappa shape index (κ1) is 16.8. The monoisotopic (exact) mass is 305 g/mol. The van der Waals surface area contributed by atoms with Crippen molar-refractivity contribution in [2.24, 2.45) is 0 Å². The molecule has 0 bridgehead atoms. The van der Waals surface area contributed by atoms with Crippen molar-refractivity contribution in [3.05, 3.63) is 24.3 Å². The number of hydrogen-bond donors (Lipinski definition) is 2. The average molecular weight is 305 g/mol. The van der Waals surface area contributed by atoms with Gasteiger partial charge in [0.1, 0.15) is 5.75 Å². The fourth-order valence-electron chi connectivity index (χ4n) is 1.56. The lowest BCUT2D eigenvalue weighted by Gasteiger charge is -2.10. The number of carboxylic acids is 1. The second-order valence-electron chi connectivity index (χ2n) is 4.22. The molecule has 0 unspecified atom stereocenters. The molecule has 21 heavy (non-hydrogen) atoms. The Morgan fingerprint density at radius 2 is 1.86 bits per heavy atom. The first-order chi connectivity index (χ1) is 9.76. The minimum absolute atomic E-state index is 0.0256. The Labute approximate surface area is 118 Å². The molecule has 0 aliphatic carbocycles. The van der Waals surface area contributed by atoms with Gasteiger partial charge in [-0.3, -0.25) is 9.59 Å². The third kappa shape index (κ3) is 7.81. The van der Waals surface area contributed by atoms with E-state index in [9.17, 15) is 22.8 Å². The third-order valence-electron chi connectivity index (χ3n) is 2.40. The van der Waals surface area contributed by atoms with Crippen LogP contribution in [0.4, 0.5) is 18.9 Å². The number of halogens is 3. The summed E-state index contributed by atoms with van der Waals surface area (Å²) in [6.07, 6.45) is -3.98. The van der Waals surface area contributed by atoms with Crippen LogP contribution in [0.5, 0.6) is 5.75 Å². The first-order valence-electron chi connectivity index (χ1n) is 6.14. The summed E-state index contributed by atoms with van der Waals surface area (Å²) < 4.78 is 39.9. The average Bonchev–Trinajstić information content (AvgIpc) is 2.32. The smallest absolute Gasteiger partial charge is 0.481 e. The van der Waals surface area contributed by atoms with Gasteiger partial charge in [-0.2, -0.15) is 0 Å². The van der Waals surface area contributed by atoms with E-state index in [1.54, 1.807) is 0 Å². The Bertz CT molecular complexity index is 502. The fraction of sp³-hybridized carbons (Fsp3) is 0.385. The van der Waals surface area contributed by atoms with Crippen LogP contribution in [0.3, 0.4) is 0 Å². The molecular weight excluding hydrogens is 291 g/mol. The molecule has 1 aromatic rings. The molecule has 0 aliphatic heterocycles. The van der Waals surface area contributed by atoms with Gasteiger partial charge in [-0.1, -0.05) is 6.07 Å². The number of carbonyl (C=O) groups is 2. The maximum atomic E-state index is 12.0. The predicted molar refractivity (Wildman–Crippen MR) is 67.9 cm³/mol. The summed E-state index contributed by atoms with van der Waals surface area (Å²) in [5, 5.41) is 10.9. The van der Waals surface area contributed by atoms with E-state index in [1.165, 1.54) is 12.1 Å². The number of carboxylic acid groups (broad SMARTS) is 1. The zero-order valence-corrected chi connectivity index (χ0v) is 10.9. The molecule has 2 N–H and O–H groups in total. The summed E-state index contributed by atoms with van der Waals surface area (Å²) >= 11 is 0. The van der Waals surface area contributed by atoms with Crippen molar-refractivity contribution < 1.29 is 32.6 Å². The van der Waals surface area contributed by atoms with Gasteiger partial charge in [-0.15, -0.1) is 13.2 Å². The van der Waals surface area contributed by atoms with Crippen LogP contribution in [-0.2, 0) is 9.59 Å². The molecule has 1 amide bonds. The highest BCUT2D eigenvalue weighted by Crippen LogP contribution is 2.25. The molecule has 0 aliphatic rings. The van der Waals surface area contributed by atoms with Gasteiger partial charge in [-0.05, 0) is 25.0 Å². The lowest BCUT2D eigenvalue weighted by atomic mass is 10.2. The number of carbonyl (C=O) groups excluding carboxylic acids is 1. The number of hydrogen-bond acceptors (Lipinski definition) is 3. The van der Waals surface area contributed by atoms with Crippen molar-refractivity contribution in [1.82, 2.24) is 0 Å². The molecule has 0 atom stereocenters. The molecular formula is C13H14F3NO4. The molecule has 8 heteroatoms. The number of anilines is 1. The van der Waals surface area contributed by atoms with E-state index in [-0.39, 0.29) is 18.5 Å². The molecule has 0 radical (unpaired) electrons. The van der Waals surface area contributed by atoms with Gasteiger partial charge in [0.05, 0.1) is 0 Å². The van der Waals surface area contributed by atoms with Crippen molar-refractivity contribution >= 4 is 17.6 Å². The highest BCUT2D eigenvalue weighted by atomic mass is 19.4. The Hall–Kier alpha value is -2.25. The zero-order chi connectivity index (χ0) is 15.9. The van der Waals surface area contributed by atoms with E-state index in [1.807, 2.05) is 0 Å². The molecule has 1 aromatic carbocycles. The topological polar surface area (TPSA) is 75.6 Å². The van der Waals surface area contributed by atoms with Crippen LogP contribution in [0, 0.1) is 0 Å². The number of ether oxygens (including phenoxy) is 1. The van der Waals surface area contributed by atoms with Gasteiger partial charge in [0, 0.05) is 24.6 Å². The van der Waals surface area contributed by atoms with Gasteiger partial charge in [0.2, 0.25) is 5.91 Å². The molecule has 116 valence electrons. The second-order valence-corrected chi connectivity index (χ2v) is 4.22. The number of nitrogens with one attached hydrogen (secondary N) is 1. The second kappa shape index (κ2) is 7.51. The molecule has 0 saturated carbocycles. The van der Waals surface area contributed by atoms with Crippen LogP contribution < -0.4 is 10.1 Å². The Balaban J connectivity index is 2.45. The molecule has 0 heterocycles. The van der Waals surface area contributed by atoms with E-state index in [0.29, 0.717) is 12.8 Å². The standard InChI is InChI=1S/C13H14F3NO4/c14-13(15,16)21-10-5-3-4-9(8-10)17-11(18)6-1-2-7-12(19)20/h3-5,8H,1-2,6-7H2,(H,17,18)(H,19,20). The normalized spacial score (nSPS) is 11.0. The van der Waals surface area contributed by atoms with E-state index in [2.05, 4.69) is 10.1 Å². The molecule has 0 fully saturated rings. The molecule has 0 saturated heterocycles. The van der Waals surface area contributed by atoms with E-state index in [4.69, 9.17) is 5.11 Å². The van der Waals surface area contributed by atoms with Crippen LogP contribution in [0.25, 0.3) is 0 Å². The number of alkyl halides is 3. The molecule has 1 rings (SSSR count). The minimum atomic E-state index is -4.79.